The Hall–Kier alpha value is -3.97. The number of ether oxygens (including phenoxy) is 3. The number of Topliss-reactive ketones (excluding diaryl/α,β-unsaturated/α-hetero) is 1. The summed E-state index contributed by atoms with van der Waals surface area (Å²) in [6.07, 6.45) is 0. The van der Waals surface area contributed by atoms with E-state index in [9.17, 15) is 14.7 Å². The van der Waals surface area contributed by atoms with Crippen LogP contribution in [-0.2, 0) is 16.1 Å². The van der Waals surface area contributed by atoms with E-state index in [1.54, 1.807) is 49.6 Å². The first kappa shape index (κ1) is 25.1. The summed E-state index contributed by atoms with van der Waals surface area (Å²) in [5.74, 6) is -0.332. The fraction of sp³-hybridized carbons (Fsp3) is 0.214. The Morgan fingerprint density at radius 3 is 2.47 bits per heavy atom. The van der Waals surface area contributed by atoms with Gasteiger partial charge in [-0.3, -0.25) is 9.59 Å². The van der Waals surface area contributed by atoms with Crippen molar-refractivity contribution in [3.63, 3.8) is 0 Å². The maximum absolute atomic E-state index is 13.4. The summed E-state index contributed by atoms with van der Waals surface area (Å²) in [6, 6.07) is 18.2. The van der Waals surface area contributed by atoms with E-state index in [-0.39, 0.29) is 28.5 Å². The van der Waals surface area contributed by atoms with E-state index >= 15 is 0 Å². The van der Waals surface area contributed by atoms with Crippen molar-refractivity contribution in [1.82, 2.24) is 4.90 Å². The highest BCUT2D eigenvalue weighted by atomic mass is 35.5. The highest BCUT2D eigenvalue weighted by Gasteiger charge is 2.46. The van der Waals surface area contributed by atoms with Crippen LogP contribution in [0.4, 0.5) is 0 Å². The van der Waals surface area contributed by atoms with Gasteiger partial charge in [0, 0.05) is 11.1 Å². The second-order valence-corrected chi connectivity index (χ2v) is 8.50. The molecule has 0 aliphatic carbocycles. The van der Waals surface area contributed by atoms with Crippen molar-refractivity contribution in [2.45, 2.75) is 19.5 Å². The molecule has 1 fully saturated rings. The second-order valence-electron chi connectivity index (χ2n) is 8.09. The molecule has 0 spiro atoms. The van der Waals surface area contributed by atoms with Crippen LogP contribution in [0.5, 0.6) is 17.2 Å². The lowest BCUT2D eigenvalue weighted by Gasteiger charge is -2.26. The average molecular weight is 508 g/mol. The molecule has 1 heterocycles. The van der Waals surface area contributed by atoms with Crippen LogP contribution in [0.1, 0.15) is 29.7 Å². The molecular formula is C28H26ClNO6. The number of likely N-dealkylation sites (tertiary alicyclic amines) is 1. The molecule has 3 aromatic carbocycles. The van der Waals surface area contributed by atoms with E-state index in [2.05, 4.69) is 0 Å². The number of carbonyl (C=O) groups is 2. The number of hydrogen-bond acceptors (Lipinski definition) is 6. The zero-order valence-corrected chi connectivity index (χ0v) is 20.9. The van der Waals surface area contributed by atoms with Crippen LogP contribution in [0, 0.1) is 0 Å². The maximum atomic E-state index is 13.4. The van der Waals surface area contributed by atoms with Crippen LogP contribution in [0.25, 0.3) is 5.76 Å². The number of methoxy groups -OCH3 is 2. The lowest BCUT2D eigenvalue weighted by molar-refractivity contribution is -0.140. The van der Waals surface area contributed by atoms with Crippen molar-refractivity contribution in [3.8, 4) is 17.2 Å². The standard InChI is InChI=1S/C28H26ClNO6/c1-4-36-20-10-7-9-17(14-20)25-24(26(31)21-15-19(34-2)12-13-22(21)29)27(32)28(33)30(25)16-18-8-5-6-11-23(18)35-3/h5-15,25,31H,4,16H2,1-3H3/b26-24+. The highest BCUT2D eigenvalue weighted by Crippen LogP contribution is 2.43. The summed E-state index contributed by atoms with van der Waals surface area (Å²) in [5, 5.41) is 11.6. The van der Waals surface area contributed by atoms with Gasteiger partial charge >= 0.3 is 0 Å². The Balaban J connectivity index is 1.91. The molecular weight excluding hydrogens is 482 g/mol. The predicted octanol–water partition coefficient (Wildman–Crippen LogP) is 5.38. The van der Waals surface area contributed by atoms with Gasteiger partial charge in [0.25, 0.3) is 11.7 Å². The molecule has 1 unspecified atom stereocenters. The second kappa shape index (κ2) is 10.7. The van der Waals surface area contributed by atoms with Crippen molar-refractivity contribution in [2.75, 3.05) is 20.8 Å². The number of amides is 1. The zero-order valence-electron chi connectivity index (χ0n) is 20.2. The molecule has 186 valence electrons. The van der Waals surface area contributed by atoms with E-state index in [1.807, 2.05) is 25.1 Å². The van der Waals surface area contributed by atoms with Crippen molar-refractivity contribution in [2.24, 2.45) is 0 Å². The topological polar surface area (TPSA) is 85.3 Å². The fourth-order valence-electron chi connectivity index (χ4n) is 4.31. The van der Waals surface area contributed by atoms with Crippen molar-refractivity contribution in [3.05, 3.63) is 94.0 Å². The molecule has 1 amide bonds. The molecule has 0 aromatic heterocycles. The van der Waals surface area contributed by atoms with E-state index < -0.39 is 17.7 Å². The number of rotatable bonds is 8. The minimum absolute atomic E-state index is 0.0706. The molecule has 1 aliphatic heterocycles. The number of benzene rings is 3. The third-order valence-electron chi connectivity index (χ3n) is 5.99. The largest absolute Gasteiger partial charge is 0.507 e. The van der Waals surface area contributed by atoms with Gasteiger partial charge in [0.15, 0.2) is 0 Å². The number of aliphatic hydroxyl groups excluding tert-OH is 1. The Labute approximate surface area is 214 Å². The van der Waals surface area contributed by atoms with Gasteiger partial charge in [0.05, 0.1) is 44.0 Å². The van der Waals surface area contributed by atoms with Crippen molar-refractivity contribution in [1.29, 1.82) is 0 Å². The van der Waals surface area contributed by atoms with Crippen LogP contribution >= 0.6 is 11.6 Å². The van der Waals surface area contributed by atoms with E-state index in [0.717, 1.165) is 0 Å². The minimum atomic E-state index is -0.891. The molecule has 8 heteroatoms. The number of nitrogens with zero attached hydrogens (tertiary/aromatic N) is 1. The van der Waals surface area contributed by atoms with Gasteiger partial charge < -0.3 is 24.2 Å². The molecule has 1 aliphatic rings. The summed E-state index contributed by atoms with van der Waals surface area (Å²) in [6.45, 7) is 2.40. The van der Waals surface area contributed by atoms with Gasteiger partial charge in [-0.2, -0.15) is 0 Å². The fourth-order valence-corrected chi connectivity index (χ4v) is 4.51. The lowest BCUT2D eigenvalue weighted by atomic mass is 9.95. The Kier molecular flexibility index (Phi) is 7.50. The normalized spacial score (nSPS) is 16.8. The van der Waals surface area contributed by atoms with E-state index in [1.165, 1.54) is 18.1 Å². The van der Waals surface area contributed by atoms with Gasteiger partial charge in [-0.1, -0.05) is 41.9 Å². The summed E-state index contributed by atoms with van der Waals surface area (Å²) < 4.78 is 16.4. The van der Waals surface area contributed by atoms with Crippen LogP contribution in [0.15, 0.2) is 72.3 Å². The van der Waals surface area contributed by atoms with Gasteiger partial charge in [-0.25, -0.2) is 0 Å². The minimum Gasteiger partial charge on any atom is -0.507 e. The number of para-hydroxylation sites is 1. The van der Waals surface area contributed by atoms with Gasteiger partial charge in [-0.05, 0) is 48.9 Å². The van der Waals surface area contributed by atoms with E-state index in [4.69, 9.17) is 25.8 Å². The predicted molar refractivity (Wildman–Crippen MR) is 136 cm³/mol. The van der Waals surface area contributed by atoms with Crippen molar-refractivity contribution >= 4 is 29.1 Å². The molecule has 0 saturated carbocycles. The molecule has 1 atom stereocenters. The van der Waals surface area contributed by atoms with Gasteiger partial charge in [-0.15, -0.1) is 0 Å². The Bertz CT molecular complexity index is 1340. The van der Waals surface area contributed by atoms with Gasteiger partial charge in [0.2, 0.25) is 0 Å². The van der Waals surface area contributed by atoms with Crippen LogP contribution in [0.3, 0.4) is 0 Å². The van der Waals surface area contributed by atoms with Crippen LogP contribution in [-0.4, -0.2) is 42.5 Å². The molecule has 7 nitrogen and oxygen atoms in total. The molecule has 1 N–H and O–H groups in total. The zero-order chi connectivity index (χ0) is 25.8. The average Bonchev–Trinajstić information content (AvgIpc) is 3.14. The third kappa shape index (κ3) is 4.75. The smallest absolute Gasteiger partial charge is 0.295 e. The van der Waals surface area contributed by atoms with E-state index in [0.29, 0.717) is 35.0 Å². The number of carbonyl (C=O) groups excluding carboxylic acids is 2. The first-order valence-electron chi connectivity index (χ1n) is 11.4. The molecule has 3 aromatic rings. The summed E-state index contributed by atoms with van der Waals surface area (Å²) in [7, 11) is 3.03. The first-order valence-corrected chi connectivity index (χ1v) is 11.7. The Morgan fingerprint density at radius 2 is 1.75 bits per heavy atom. The van der Waals surface area contributed by atoms with Gasteiger partial charge in [0.1, 0.15) is 23.0 Å². The monoisotopic (exact) mass is 507 g/mol. The first-order chi connectivity index (χ1) is 17.4. The molecule has 0 bridgehead atoms. The quantitative estimate of drug-likeness (QED) is 0.250. The van der Waals surface area contributed by atoms with Crippen LogP contribution < -0.4 is 14.2 Å². The number of halogens is 1. The maximum Gasteiger partial charge on any atom is 0.295 e. The number of hydrogen-bond donors (Lipinski definition) is 1. The summed E-state index contributed by atoms with van der Waals surface area (Å²) in [5.41, 5.74) is 1.44. The summed E-state index contributed by atoms with van der Waals surface area (Å²) in [4.78, 5) is 28.2. The lowest BCUT2D eigenvalue weighted by Crippen LogP contribution is -2.29. The molecule has 0 radical (unpaired) electrons. The number of ketones is 1. The SMILES string of the molecule is CCOc1cccc(C2/C(=C(\O)c3cc(OC)ccc3Cl)C(=O)C(=O)N2Cc2ccccc2OC)c1. The van der Waals surface area contributed by atoms with Crippen LogP contribution in [0.2, 0.25) is 5.02 Å². The molecule has 36 heavy (non-hydrogen) atoms. The molecule has 1 saturated heterocycles. The number of aliphatic hydroxyl groups is 1. The summed E-state index contributed by atoms with van der Waals surface area (Å²) >= 11 is 6.38. The molecule has 4 rings (SSSR count). The Morgan fingerprint density at radius 1 is 0.972 bits per heavy atom. The highest BCUT2D eigenvalue weighted by molar-refractivity contribution is 6.47. The van der Waals surface area contributed by atoms with Crippen molar-refractivity contribution < 1.29 is 28.9 Å². The third-order valence-corrected chi connectivity index (χ3v) is 6.32.